The minimum absolute atomic E-state index is 0.0561. The number of hydrogen-bond donors (Lipinski definition) is 3. The van der Waals surface area contributed by atoms with Crippen LogP contribution in [0.5, 0.6) is 0 Å². The van der Waals surface area contributed by atoms with Gasteiger partial charge in [0.05, 0.1) is 6.07 Å². The van der Waals surface area contributed by atoms with Gasteiger partial charge in [0.1, 0.15) is 18.1 Å². The van der Waals surface area contributed by atoms with Crippen LogP contribution in [0, 0.1) is 34.5 Å². The summed E-state index contributed by atoms with van der Waals surface area (Å²) < 4.78 is 38.7. The second-order valence-electron chi connectivity index (χ2n) is 10.6. The van der Waals surface area contributed by atoms with Gasteiger partial charge in [-0.05, 0) is 55.8 Å². The Kier molecular flexibility index (Phi) is 6.49. The maximum absolute atomic E-state index is 13.5. The minimum Gasteiger partial charge on any atom is -0.356 e. The number of fused-ring (bicyclic) bond motifs is 3. The van der Waals surface area contributed by atoms with Crippen LogP contribution >= 0.6 is 0 Å². The lowest BCUT2D eigenvalue weighted by Gasteiger charge is -2.41. The number of alkyl halides is 3. The average Bonchev–Trinajstić information content (AvgIpc) is 3.10. The van der Waals surface area contributed by atoms with Gasteiger partial charge in [-0.1, -0.05) is 13.8 Å². The van der Waals surface area contributed by atoms with Gasteiger partial charge in [0.2, 0.25) is 17.7 Å². The number of amides is 4. The van der Waals surface area contributed by atoms with Crippen LogP contribution < -0.4 is 16.0 Å². The molecule has 2 heterocycles. The standard InChI is InChI=1S/C23H30F3N5O4/c1-11(2)16(30-21(35)23(24,25)26)20(34)31-14-8-15(22(9-14)4-5-22)17(31)19(33)29-13(10-27)7-12-3-6-28-18(12)32/h11-17H,3-9H2,1-2H3,(H,28,32)(H,29,33)(H,30,35)/t12-,13-,14-,15-,16-,17-/m0/s1. The molecule has 4 aliphatic rings. The molecular weight excluding hydrogens is 467 g/mol. The maximum Gasteiger partial charge on any atom is 0.471 e. The number of piperidine rings is 1. The molecule has 2 aliphatic heterocycles. The number of carbonyl (C=O) groups is 4. The Morgan fingerprint density at radius 3 is 2.46 bits per heavy atom. The van der Waals surface area contributed by atoms with E-state index in [0.717, 1.165) is 12.8 Å². The van der Waals surface area contributed by atoms with E-state index in [1.54, 1.807) is 0 Å². The lowest BCUT2D eigenvalue weighted by atomic mass is 9.83. The van der Waals surface area contributed by atoms with E-state index in [9.17, 15) is 37.6 Å². The van der Waals surface area contributed by atoms with Crippen molar-refractivity contribution in [2.24, 2.45) is 23.2 Å². The van der Waals surface area contributed by atoms with Crippen LogP contribution in [0.15, 0.2) is 0 Å². The first-order chi connectivity index (χ1) is 16.4. The Morgan fingerprint density at radius 1 is 1.26 bits per heavy atom. The summed E-state index contributed by atoms with van der Waals surface area (Å²) in [7, 11) is 0. The summed E-state index contributed by atoms with van der Waals surface area (Å²) in [5, 5.41) is 16.8. The minimum atomic E-state index is -5.14. The van der Waals surface area contributed by atoms with Crippen LogP contribution in [0.2, 0.25) is 0 Å². The predicted molar refractivity (Wildman–Crippen MR) is 115 cm³/mol. The summed E-state index contributed by atoms with van der Waals surface area (Å²) in [6.45, 7) is 3.57. The Morgan fingerprint density at radius 2 is 1.94 bits per heavy atom. The number of nitrogens with one attached hydrogen (secondary N) is 3. The molecule has 192 valence electrons. The Labute approximate surface area is 201 Å². The van der Waals surface area contributed by atoms with Gasteiger partial charge in [0.15, 0.2) is 0 Å². The molecule has 4 fully saturated rings. The fourth-order valence-corrected chi connectivity index (χ4v) is 6.16. The largest absolute Gasteiger partial charge is 0.471 e. The number of nitriles is 1. The van der Waals surface area contributed by atoms with Crippen molar-refractivity contribution in [2.75, 3.05) is 6.54 Å². The number of carbonyl (C=O) groups excluding carboxylic acids is 4. The molecule has 4 rings (SSSR count). The fraction of sp³-hybridized carbons (Fsp3) is 0.783. The lowest BCUT2D eigenvalue weighted by molar-refractivity contribution is -0.175. The van der Waals surface area contributed by atoms with E-state index >= 15 is 0 Å². The van der Waals surface area contributed by atoms with Crippen LogP contribution in [0.3, 0.4) is 0 Å². The van der Waals surface area contributed by atoms with Crippen molar-refractivity contribution in [1.82, 2.24) is 20.9 Å². The summed E-state index contributed by atoms with van der Waals surface area (Å²) in [4.78, 5) is 51.8. The number of hydrogen-bond acceptors (Lipinski definition) is 5. The molecule has 12 heteroatoms. The van der Waals surface area contributed by atoms with Gasteiger partial charge in [0.25, 0.3) is 0 Å². The van der Waals surface area contributed by atoms with E-state index in [1.165, 1.54) is 18.7 Å². The van der Waals surface area contributed by atoms with Crippen molar-refractivity contribution in [2.45, 2.75) is 82.7 Å². The lowest BCUT2D eigenvalue weighted by Crippen LogP contribution is -2.62. The van der Waals surface area contributed by atoms with Crippen LogP contribution in [-0.2, 0) is 19.2 Å². The third-order valence-electron chi connectivity index (χ3n) is 8.08. The Balaban J connectivity index is 1.53. The van der Waals surface area contributed by atoms with E-state index in [-0.39, 0.29) is 29.7 Å². The molecule has 0 aromatic carbocycles. The van der Waals surface area contributed by atoms with Gasteiger partial charge in [-0.3, -0.25) is 19.2 Å². The smallest absolute Gasteiger partial charge is 0.356 e. The van der Waals surface area contributed by atoms with E-state index in [4.69, 9.17) is 0 Å². The van der Waals surface area contributed by atoms with Crippen molar-refractivity contribution in [3.63, 3.8) is 0 Å². The predicted octanol–water partition coefficient (Wildman–Crippen LogP) is 0.994. The van der Waals surface area contributed by atoms with Gasteiger partial charge in [0, 0.05) is 18.5 Å². The summed E-state index contributed by atoms with van der Waals surface area (Å²) in [5.41, 5.74) is -0.0561. The molecule has 2 saturated carbocycles. The quantitative estimate of drug-likeness (QED) is 0.483. The summed E-state index contributed by atoms with van der Waals surface area (Å²) in [5.74, 6) is -4.82. The van der Waals surface area contributed by atoms with Crippen LogP contribution in [-0.4, -0.2) is 65.4 Å². The van der Waals surface area contributed by atoms with Gasteiger partial charge in [-0.25, -0.2) is 0 Å². The summed E-state index contributed by atoms with van der Waals surface area (Å²) >= 11 is 0. The molecule has 4 amide bonds. The molecule has 0 aromatic heterocycles. The van der Waals surface area contributed by atoms with E-state index in [0.29, 0.717) is 25.8 Å². The molecular formula is C23H30F3N5O4. The maximum atomic E-state index is 13.5. The van der Waals surface area contributed by atoms with Gasteiger partial charge < -0.3 is 20.9 Å². The molecule has 0 aromatic rings. The van der Waals surface area contributed by atoms with Crippen molar-refractivity contribution in [1.29, 1.82) is 5.26 Å². The molecule has 0 unspecified atom stereocenters. The number of rotatable bonds is 7. The second kappa shape index (κ2) is 8.99. The zero-order valence-electron chi connectivity index (χ0n) is 19.7. The molecule has 35 heavy (non-hydrogen) atoms. The number of nitrogens with zero attached hydrogens (tertiary/aromatic N) is 2. The van der Waals surface area contributed by atoms with Crippen molar-refractivity contribution >= 4 is 23.6 Å². The van der Waals surface area contributed by atoms with Gasteiger partial charge in [-0.2, -0.15) is 18.4 Å². The molecule has 2 aliphatic carbocycles. The van der Waals surface area contributed by atoms with E-state index in [2.05, 4.69) is 10.6 Å². The monoisotopic (exact) mass is 497 g/mol. The third kappa shape index (κ3) is 4.69. The first kappa shape index (κ1) is 25.3. The first-order valence-corrected chi connectivity index (χ1v) is 12.1. The summed E-state index contributed by atoms with van der Waals surface area (Å²) in [6, 6.07) is -1.60. The zero-order chi connectivity index (χ0) is 25.7. The third-order valence-corrected chi connectivity index (χ3v) is 8.08. The highest BCUT2D eigenvalue weighted by Gasteiger charge is 2.67. The van der Waals surface area contributed by atoms with Crippen LogP contribution in [0.1, 0.15) is 52.4 Å². The average molecular weight is 498 g/mol. The first-order valence-electron chi connectivity index (χ1n) is 12.1. The van der Waals surface area contributed by atoms with Crippen molar-refractivity contribution in [3.8, 4) is 6.07 Å². The Bertz CT molecular complexity index is 958. The summed E-state index contributed by atoms with van der Waals surface area (Å²) in [6.07, 6.45) is -1.36. The molecule has 3 N–H and O–H groups in total. The van der Waals surface area contributed by atoms with E-state index in [1.807, 2.05) is 11.4 Å². The Hall–Kier alpha value is -2.84. The molecule has 9 nitrogen and oxygen atoms in total. The fourth-order valence-electron chi connectivity index (χ4n) is 6.16. The molecule has 2 bridgehead atoms. The van der Waals surface area contributed by atoms with Crippen molar-refractivity contribution in [3.05, 3.63) is 0 Å². The highest BCUT2D eigenvalue weighted by molar-refractivity contribution is 5.94. The van der Waals surface area contributed by atoms with Gasteiger partial charge >= 0.3 is 12.1 Å². The highest BCUT2D eigenvalue weighted by atomic mass is 19.4. The normalized spacial score (nSPS) is 30.1. The molecule has 1 spiro atoms. The topological polar surface area (TPSA) is 131 Å². The highest BCUT2D eigenvalue weighted by Crippen LogP contribution is 2.67. The zero-order valence-corrected chi connectivity index (χ0v) is 19.7. The molecule has 6 atom stereocenters. The second-order valence-corrected chi connectivity index (χ2v) is 10.6. The van der Waals surface area contributed by atoms with Crippen LogP contribution in [0.25, 0.3) is 0 Å². The number of likely N-dealkylation sites (tertiary alicyclic amines) is 1. The van der Waals surface area contributed by atoms with E-state index < -0.39 is 53.9 Å². The molecule has 2 saturated heterocycles. The van der Waals surface area contributed by atoms with Crippen LogP contribution in [0.4, 0.5) is 13.2 Å². The SMILES string of the molecule is CC(C)[C@H](NC(=O)C(F)(F)F)C(=O)N1[C@H]2C[C@@H]([C@H]1C(=O)N[C@H](C#N)C[C@@H]1CCNC1=O)C1(CC1)C2. The van der Waals surface area contributed by atoms with Gasteiger partial charge in [-0.15, -0.1) is 0 Å². The molecule has 0 radical (unpaired) electrons. The van der Waals surface area contributed by atoms with Crippen molar-refractivity contribution < 1.29 is 32.3 Å². The number of halogens is 3.